The van der Waals surface area contributed by atoms with E-state index in [9.17, 15) is 14.7 Å². The molecule has 1 aromatic heterocycles. The Morgan fingerprint density at radius 1 is 1.10 bits per heavy atom. The third kappa shape index (κ3) is 3.56. The zero-order valence-electron chi connectivity index (χ0n) is 15.8. The highest BCUT2D eigenvalue weighted by molar-refractivity contribution is 6.33. The number of amides is 2. The van der Waals surface area contributed by atoms with Gasteiger partial charge in [0.15, 0.2) is 0 Å². The molecule has 1 fully saturated rings. The van der Waals surface area contributed by atoms with Gasteiger partial charge < -0.3 is 16.2 Å². The summed E-state index contributed by atoms with van der Waals surface area (Å²) in [4.78, 5) is 25.0. The molecule has 2 amide bonds. The number of carbonyl (C=O) groups is 2. The fraction of sp³-hybridized carbons (Fsp3) is 0.273. The van der Waals surface area contributed by atoms with Crippen LogP contribution in [0.2, 0.25) is 5.02 Å². The van der Waals surface area contributed by atoms with Crippen LogP contribution >= 0.6 is 11.6 Å². The molecule has 1 aliphatic rings. The van der Waals surface area contributed by atoms with E-state index < -0.39 is 17.8 Å². The summed E-state index contributed by atoms with van der Waals surface area (Å²) in [5, 5.41) is 14.3. The molecule has 0 bridgehead atoms. The minimum absolute atomic E-state index is 0.0280. The zero-order chi connectivity index (χ0) is 20.5. The van der Waals surface area contributed by atoms with E-state index in [1.54, 1.807) is 36.4 Å². The Labute approximate surface area is 173 Å². The number of fused-ring (bicyclic) bond motifs is 1. The number of benzene rings is 2. The number of aromatic nitrogens is 1. The van der Waals surface area contributed by atoms with E-state index in [1.165, 1.54) is 6.42 Å². The number of rotatable bonds is 3. The Hall–Kier alpha value is -2.99. The van der Waals surface area contributed by atoms with Crippen molar-refractivity contribution in [3.05, 3.63) is 58.6 Å². The van der Waals surface area contributed by atoms with E-state index in [0.717, 1.165) is 35.8 Å². The number of carbonyl (C=O) groups excluding carboxylic acids is 2. The second kappa shape index (κ2) is 7.79. The maximum Gasteiger partial charge on any atom is 0.326 e. The largest absolute Gasteiger partial charge is 0.494 e. The van der Waals surface area contributed by atoms with Gasteiger partial charge in [-0.3, -0.25) is 4.79 Å². The van der Waals surface area contributed by atoms with Gasteiger partial charge in [-0.1, -0.05) is 49.1 Å². The molecule has 0 aliphatic heterocycles. The fourth-order valence-corrected chi connectivity index (χ4v) is 4.52. The molecule has 0 saturated heterocycles. The minimum Gasteiger partial charge on any atom is -0.494 e. The average molecular weight is 412 g/mol. The minimum atomic E-state index is -0.858. The first-order chi connectivity index (χ1) is 14.0. The van der Waals surface area contributed by atoms with Gasteiger partial charge in [0.25, 0.3) is 5.91 Å². The van der Waals surface area contributed by atoms with Crippen LogP contribution in [0.5, 0.6) is 5.88 Å². The molecule has 0 atom stereocenters. The normalized spacial score (nSPS) is 14.8. The van der Waals surface area contributed by atoms with Crippen LogP contribution < -0.4 is 11.1 Å². The molecular formula is C22H22ClN3O3. The topological polar surface area (TPSA) is 97.3 Å². The van der Waals surface area contributed by atoms with Crippen LogP contribution in [0.25, 0.3) is 10.9 Å². The number of primary amides is 1. The second-order valence-corrected chi connectivity index (χ2v) is 7.83. The van der Waals surface area contributed by atoms with Gasteiger partial charge >= 0.3 is 6.03 Å². The smallest absolute Gasteiger partial charge is 0.326 e. The van der Waals surface area contributed by atoms with E-state index in [1.807, 2.05) is 6.07 Å². The van der Waals surface area contributed by atoms with Gasteiger partial charge in [0.1, 0.15) is 5.56 Å². The van der Waals surface area contributed by atoms with Crippen LogP contribution in [0.15, 0.2) is 42.5 Å². The predicted octanol–water partition coefficient (Wildman–Crippen LogP) is 5.23. The molecule has 0 unspecified atom stereocenters. The molecule has 1 heterocycles. The molecule has 29 heavy (non-hydrogen) atoms. The van der Waals surface area contributed by atoms with Gasteiger partial charge in [-0.05, 0) is 48.6 Å². The molecule has 3 aromatic rings. The number of nitrogens with zero attached hydrogens (tertiary/aromatic N) is 1. The predicted molar refractivity (Wildman–Crippen MR) is 114 cm³/mol. The number of hydrogen-bond donors (Lipinski definition) is 3. The molecule has 6 nitrogen and oxygen atoms in total. The van der Waals surface area contributed by atoms with Crippen LogP contribution in [0.1, 0.15) is 53.9 Å². The zero-order valence-corrected chi connectivity index (χ0v) is 16.6. The monoisotopic (exact) mass is 411 g/mol. The Kier molecular flexibility index (Phi) is 5.20. The molecule has 1 saturated carbocycles. The molecular weight excluding hydrogens is 390 g/mol. The van der Waals surface area contributed by atoms with E-state index in [4.69, 9.17) is 17.3 Å². The van der Waals surface area contributed by atoms with Gasteiger partial charge in [-0.2, -0.15) is 0 Å². The Bertz CT molecular complexity index is 1090. The first kappa shape index (κ1) is 19.3. The van der Waals surface area contributed by atoms with Crippen molar-refractivity contribution in [3.8, 4) is 5.88 Å². The van der Waals surface area contributed by atoms with Crippen molar-refractivity contribution in [1.82, 2.24) is 4.57 Å². The van der Waals surface area contributed by atoms with Crippen molar-refractivity contribution in [1.29, 1.82) is 0 Å². The first-order valence-corrected chi connectivity index (χ1v) is 10.1. The summed E-state index contributed by atoms with van der Waals surface area (Å²) in [6, 6.07) is 11.5. The lowest BCUT2D eigenvalue weighted by Crippen LogP contribution is -2.19. The van der Waals surface area contributed by atoms with Crippen LogP contribution in [0.3, 0.4) is 0 Å². The number of nitrogens with one attached hydrogen (secondary N) is 1. The summed E-state index contributed by atoms with van der Waals surface area (Å²) in [5.74, 6) is -0.737. The molecule has 0 radical (unpaired) electrons. The fourth-order valence-electron chi connectivity index (χ4n) is 4.20. The number of hydrogen-bond acceptors (Lipinski definition) is 3. The molecule has 4 N–H and O–H groups in total. The Balaban J connectivity index is 1.84. The van der Waals surface area contributed by atoms with Gasteiger partial charge in [0.2, 0.25) is 5.88 Å². The number of anilines is 1. The Morgan fingerprint density at radius 2 is 1.79 bits per heavy atom. The summed E-state index contributed by atoms with van der Waals surface area (Å²) in [7, 11) is 0. The van der Waals surface area contributed by atoms with Crippen molar-refractivity contribution in [2.75, 3.05) is 5.32 Å². The second-order valence-electron chi connectivity index (χ2n) is 7.42. The summed E-state index contributed by atoms with van der Waals surface area (Å²) < 4.78 is 0.970. The number of halogens is 1. The standard InChI is InChI=1S/C22H22ClN3O3/c23-17-11-16-18(12-15(17)13-7-3-1-4-8-13)26(22(24)29)21(28)19(16)20(27)25-14-9-5-2-6-10-14/h2,5-6,9-13,28H,1,3-4,7-8H2,(H2,24,29)(H,25,27). The van der Waals surface area contributed by atoms with E-state index in [2.05, 4.69) is 5.32 Å². The number of nitrogens with two attached hydrogens (primary N) is 1. The molecule has 0 spiro atoms. The van der Waals surface area contributed by atoms with Crippen LogP contribution in [-0.2, 0) is 0 Å². The molecule has 150 valence electrons. The lowest BCUT2D eigenvalue weighted by Gasteiger charge is -2.23. The van der Waals surface area contributed by atoms with Gasteiger partial charge in [0.05, 0.1) is 5.52 Å². The third-order valence-corrected chi connectivity index (χ3v) is 5.91. The Morgan fingerprint density at radius 3 is 2.45 bits per heavy atom. The van der Waals surface area contributed by atoms with Gasteiger partial charge in [-0.15, -0.1) is 0 Å². The van der Waals surface area contributed by atoms with Crippen molar-refractivity contribution in [3.63, 3.8) is 0 Å². The van der Waals surface area contributed by atoms with Crippen LogP contribution in [0.4, 0.5) is 10.5 Å². The maximum absolute atomic E-state index is 12.9. The quantitative estimate of drug-likeness (QED) is 0.550. The summed E-state index contributed by atoms with van der Waals surface area (Å²) in [6.45, 7) is 0. The first-order valence-electron chi connectivity index (χ1n) is 9.70. The summed E-state index contributed by atoms with van der Waals surface area (Å²) in [6.07, 6.45) is 5.52. The number of para-hydroxylation sites is 1. The summed E-state index contributed by atoms with van der Waals surface area (Å²) in [5.41, 5.74) is 7.37. The highest BCUT2D eigenvalue weighted by Gasteiger charge is 2.27. The van der Waals surface area contributed by atoms with Crippen molar-refractivity contribution < 1.29 is 14.7 Å². The lowest BCUT2D eigenvalue weighted by atomic mass is 9.84. The third-order valence-electron chi connectivity index (χ3n) is 5.58. The average Bonchev–Trinajstić information content (AvgIpc) is 2.99. The highest BCUT2D eigenvalue weighted by atomic mass is 35.5. The summed E-state index contributed by atoms with van der Waals surface area (Å²) >= 11 is 6.58. The van der Waals surface area contributed by atoms with Crippen LogP contribution in [0, 0.1) is 0 Å². The van der Waals surface area contributed by atoms with Crippen molar-refractivity contribution in [2.24, 2.45) is 5.73 Å². The molecule has 7 heteroatoms. The van der Waals surface area contributed by atoms with Crippen molar-refractivity contribution >= 4 is 40.1 Å². The van der Waals surface area contributed by atoms with E-state index in [-0.39, 0.29) is 5.56 Å². The molecule has 4 rings (SSSR count). The van der Waals surface area contributed by atoms with Gasteiger partial charge in [0, 0.05) is 16.1 Å². The van der Waals surface area contributed by atoms with Gasteiger partial charge in [-0.25, -0.2) is 9.36 Å². The lowest BCUT2D eigenvalue weighted by molar-refractivity contribution is 0.102. The maximum atomic E-state index is 12.9. The SMILES string of the molecule is NC(=O)n1c(O)c(C(=O)Nc2ccccc2)c2cc(Cl)c(C3CCCCC3)cc21. The van der Waals surface area contributed by atoms with Crippen molar-refractivity contribution in [2.45, 2.75) is 38.0 Å². The number of aromatic hydroxyl groups is 1. The molecule has 2 aromatic carbocycles. The van der Waals surface area contributed by atoms with E-state index >= 15 is 0 Å². The highest BCUT2D eigenvalue weighted by Crippen LogP contribution is 2.41. The van der Waals surface area contributed by atoms with Crippen LogP contribution in [-0.4, -0.2) is 21.6 Å². The van der Waals surface area contributed by atoms with E-state index in [0.29, 0.717) is 27.5 Å². The molecule has 1 aliphatic carbocycles.